The van der Waals surface area contributed by atoms with Gasteiger partial charge in [0.2, 0.25) is 0 Å². The van der Waals surface area contributed by atoms with E-state index in [1.54, 1.807) is 0 Å². The summed E-state index contributed by atoms with van der Waals surface area (Å²) in [5, 5.41) is 5.29. The van der Waals surface area contributed by atoms with Gasteiger partial charge in [-0.2, -0.15) is 0 Å². The van der Waals surface area contributed by atoms with Gasteiger partial charge in [0.15, 0.2) is 0 Å². The maximum Gasteiger partial charge on any atom is 0.0955 e. The Hall–Kier alpha value is -9.91. The Morgan fingerprint density at radius 1 is 0.308 bits per heavy atom. The lowest BCUT2D eigenvalue weighted by Crippen LogP contribution is -2.09. The van der Waals surface area contributed by atoms with E-state index in [9.17, 15) is 0 Å². The minimum absolute atomic E-state index is 1.06. The van der Waals surface area contributed by atoms with Crippen molar-refractivity contribution in [2.45, 2.75) is 13.8 Å². The van der Waals surface area contributed by atoms with E-state index < -0.39 is 0 Å². The Morgan fingerprint density at radius 3 is 1.05 bits per heavy atom. The summed E-state index contributed by atoms with van der Waals surface area (Å²) in [6.45, 7) is 4.23. The number of rotatable bonds is 6. The monoisotopic (exact) mass is 1010 g/mol. The van der Waals surface area contributed by atoms with Crippen LogP contribution in [0, 0.1) is 13.8 Å². The Morgan fingerprint density at radius 2 is 0.628 bits per heavy atom. The summed E-state index contributed by atoms with van der Waals surface area (Å²) in [5.41, 5.74) is 17.1. The first kappa shape index (κ1) is 51.6. The van der Waals surface area contributed by atoms with Crippen LogP contribution < -0.4 is 9.80 Å². The molecule has 0 aliphatic heterocycles. The largest absolute Gasteiger partial charge is 0.345 e. The van der Waals surface area contributed by atoms with Gasteiger partial charge in [0.05, 0.1) is 28.4 Å². The van der Waals surface area contributed by atoms with Gasteiger partial charge < -0.3 is 23.5 Å². The van der Waals surface area contributed by atoms with E-state index in [1.165, 1.54) is 94.4 Å². The van der Waals surface area contributed by atoms with Crippen molar-refractivity contribution in [2.75, 3.05) is 16.8 Å². The average Bonchev–Trinajstić information content (AvgIpc) is 4.30. The Balaban J connectivity index is 0.000000112. The van der Waals surface area contributed by atoms with E-state index in [0.29, 0.717) is 0 Å². The highest BCUT2D eigenvalue weighted by Crippen LogP contribution is 2.35. The molecule has 0 aliphatic rings. The third-order valence-electron chi connectivity index (χ3n) is 13.9. The molecule has 0 fully saturated rings. The fourth-order valence-electron chi connectivity index (χ4n) is 9.84. The van der Waals surface area contributed by atoms with Gasteiger partial charge in [0.25, 0.3) is 0 Å². The summed E-state index contributed by atoms with van der Waals surface area (Å²) < 4.78 is 6.59. The van der Waals surface area contributed by atoms with Crippen molar-refractivity contribution in [2.24, 2.45) is 14.1 Å². The molecule has 0 aliphatic carbocycles. The summed E-state index contributed by atoms with van der Waals surface area (Å²) in [6.07, 6.45) is 1.82. The molecule has 3 aromatic heterocycles. The first-order valence-corrected chi connectivity index (χ1v) is 26.5. The molecule has 0 radical (unpaired) electrons. The van der Waals surface area contributed by atoms with Gasteiger partial charge >= 0.3 is 0 Å². The van der Waals surface area contributed by atoms with Crippen molar-refractivity contribution >= 4 is 83.1 Å². The number of benzene rings is 11. The van der Waals surface area contributed by atoms with E-state index in [1.807, 2.05) is 60.4 Å². The van der Waals surface area contributed by atoms with Gasteiger partial charge in [-0.3, -0.25) is 0 Å². The fourth-order valence-corrected chi connectivity index (χ4v) is 9.84. The fraction of sp³-hybridized carbons (Fsp3) is 0.0694. The Labute approximate surface area is 458 Å². The van der Waals surface area contributed by atoms with Crippen LogP contribution in [0.15, 0.2) is 298 Å². The van der Waals surface area contributed by atoms with Crippen LogP contribution in [0.1, 0.15) is 11.1 Å². The van der Waals surface area contributed by atoms with Crippen LogP contribution in [0.3, 0.4) is 0 Å². The molecule has 6 heteroatoms. The summed E-state index contributed by atoms with van der Waals surface area (Å²) in [6, 6.07) is 101. The quantitative estimate of drug-likeness (QED) is 0.166. The first-order valence-electron chi connectivity index (χ1n) is 26.5. The highest BCUT2D eigenvalue weighted by Gasteiger charge is 2.13. The van der Waals surface area contributed by atoms with E-state index in [4.69, 9.17) is 0 Å². The number of hydrogen-bond donors (Lipinski definition) is 0. The molecule has 78 heavy (non-hydrogen) atoms. The smallest absolute Gasteiger partial charge is 0.0955 e. The second kappa shape index (κ2) is 24.6. The minimum atomic E-state index is 1.06. The highest BCUT2D eigenvalue weighted by atomic mass is 15.1. The van der Waals surface area contributed by atoms with E-state index >= 15 is 0 Å². The van der Waals surface area contributed by atoms with Crippen LogP contribution in [0.25, 0.3) is 60.3 Å². The molecule has 14 aromatic rings. The maximum absolute atomic E-state index is 4.18. The molecule has 0 amide bonds. The molecule has 6 nitrogen and oxygen atoms in total. The second-order valence-corrected chi connectivity index (χ2v) is 19.2. The number of nitrogens with zero attached hydrogens (tertiary/aromatic N) is 6. The zero-order chi connectivity index (χ0) is 53.6. The molecular weight excluding hydrogens is 949 g/mol. The van der Waals surface area contributed by atoms with Crippen molar-refractivity contribution in [3.05, 3.63) is 309 Å². The van der Waals surface area contributed by atoms with Crippen LogP contribution >= 0.6 is 0 Å². The molecule has 0 spiro atoms. The van der Waals surface area contributed by atoms with Crippen LogP contribution in [0.4, 0.5) is 28.4 Å². The molecule has 0 N–H and O–H groups in total. The summed E-state index contributed by atoms with van der Waals surface area (Å²) in [7, 11) is 6.19. The van der Waals surface area contributed by atoms with Crippen molar-refractivity contribution in [1.29, 1.82) is 0 Å². The normalized spacial score (nSPS) is 10.6. The van der Waals surface area contributed by atoms with Crippen LogP contribution in [0.2, 0.25) is 0 Å². The molecule has 14 rings (SSSR count). The first-order chi connectivity index (χ1) is 38.3. The van der Waals surface area contributed by atoms with E-state index in [2.05, 4.69) is 301 Å². The third-order valence-corrected chi connectivity index (χ3v) is 13.9. The second-order valence-electron chi connectivity index (χ2n) is 19.2. The number of fused-ring (bicyclic) bond motifs is 7. The average molecular weight is 1010 g/mol. The van der Waals surface area contributed by atoms with Crippen molar-refractivity contribution < 1.29 is 0 Å². The number of aryl methyl sites for hydroxylation is 4. The number of hydrogen-bond acceptors (Lipinski definition) is 3. The lowest BCUT2D eigenvalue weighted by molar-refractivity contribution is 0.948. The topological polar surface area (TPSA) is 34.2 Å². The van der Waals surface area contributed by atoms with Crippen molar-refractivity contribution in [3.8, 4) is 5.69 Å². The number of aromatic nitrogens is 4. The van der Waals surface area contributed by atoms with Crippen molar-refractivity contribution in [1.82, 2.24) is 18.7 Å². The summed E-state index contributed by atoms with van der Waals surface area (Å²) in [4.78, 5) is 8.61. The molecule has 11 aromatic carbocycles. The minimum Gasteiger partial charge on any atom is -0.345 e. The SMILES string of the molecule is CN(c1ccccc1)c1ccccc1.Cc1ccc(-n2c3ccccc3c3ccccc32)cc1.Cc1ccc(N(c2ccccc2)c2ccccc2)cc1.Cn1c2ccccc2c2ccccc21.Cn1cnc2ccccc21. The zero-order valence-electron chi connectivity index (χ0n) is 45.0. The van der Waals surface area contributed by atoms with Crippen LogP contribution in [0.5, 0.6) is 0 Å². The lowest BCUT2D eigenvalue weighted by atomic mass is 10.1. The molecule has 0 bridgehead atoms. The molecule has 0 saturated heterocycles. The molecule has 0 saturated carbocycles. The number of imidazole rings is 1. The van der Waals surface area contributed by atoms with Gasteiger partial charge in [0, 0.05) is 87.8 Å². The molecule has 382 valence electrons. The Bertz CT molecular complexity index is 3940. The molecular formula is C72H64N6. The predicted octanol–water partition coefficient (Wildman–Crippen LogP) is 18.9. The maximum atomic E-state index is 4.18. The summed E-state index contributed by atoms with van der Waals surface area (Å²) in [5.74, 6) is 0. The van der Waals surface area contributed by atoms with Crippen LogP contribution in [-0.2, 0) is 14.1 Å². The van der Waals surface area contributed by atoms with E-state index in [0.717, 1.165) is 5.52 Å². The van der Waals surface area contributed by atoms with Gasteiger partial charge in [-0.15, -0.1) is 0 Å². The van der Waals surface area contributed by atoms with Gasteiger partial charge in [-0.25, -0.2) is 4.98 Å². The van der Waals surface area contributed by atoms with Crippen LogP contribution in [-0.4, -0.2) is 25.7 Å². The van der Waals surface area contributed by atoms with Gasteiger partial charge in [-0.05, 0) is 123 Å². The van der Waals surface area contributed by atoms with Gasteiger partial charge in [0.1, 0.15) is 0 Å². The zero-order valence-corrected chi connectivity index (χ0v) is 45.0. The highest BCUT2D eigenvalue weighted by molar-refractivity contribution is 6.09. The summed E-state index contributed by atoms with van der Waals surface area (Å²) >= 11 is 0. The predicted molar refractivity (Wildman–Crippen MR) is 333 cm³/mol. The number of para-hydroxylation sites is 10. The number of anilines is 5. The Kier molecular flexibility index (Phi) is 16.3. The van der Waals surface area contributed by atoms with Gasteiger partial charge in [-0.1, -0.05) is 193 Å². The molecule has 0 unspecified atom stereocenters. The molecule has 3 heterocycles. The third kappa shape index (κ3) is 11.8. The lowest BCUT2D eigenvalue weighted by Gasteiger charge is -2.25. The molecule has 0 atom stereocenters. The van der Waals surface area contributed by atoms with E-state index in [-0.39, 0.29) is 0 Å². The van der Waals surface area contributed by atoms with Crippen molar-refractivity contribution in [3.63, 3.8) is 0 Å². The standard InChI is InChI=1S/C19H15N.C19H17N.C13H11N.C13H13N.C8H8N2/c1-14-10-12-15(13-11-14)20-18-8-4-2-6-16(18)17-7-3-5-9-19(17)20;1-16-12-14-19(15-13-16)20(17-8-4-2-5-9-17)18-10-6-3-7-11-18;1-14-12-8-4-2-6-10(12)11-7-3-5-9-13(11)14;1-14(12-8-4-2-5-9-12)13-10-6-3-7-11-13;1-10-6-9-7-4-2-3-5-8(7)10/h2-13H,1H3;2-15H,1H3;2-9H,1H3;2-11H,1H3;2-6H,1H3.